The van der Waals surface area contributed by atoms with Crippen LogP contribution >= 0.6 is 0 Å². The van der Waals surface area contributed by atoms with E-state index in [0.29, 0.717) is 16.7 Å². The molecule has 0 amide bonds. The second-order valence-corrected chi connectivity index (χ2v) is 3.89. The van der Waals surface area contributed by atoms with Crippen LogP contribution in [0.5, 0.6) is 0 Å². The van der Waals surface area contributed by atoms with E-state index in [2.05, 4.69) is 25.5 Å². The molecule has 0 aliphatic heterocycles. The van der Waals surface area contributed by atoms with Gasteiger partial charge in [-0.1, -0.05) is 6.07 Å². The Morgan fingerprint density at radius 1 is 1.28 bits per heavy atom. The van der Waals surface area contributed by atoms with Gasteiger partial charge in [0.15, 0.2) is 0 Å². The van der Waals surface area contributed by atoms with Crippen LogP contribution in [0.15, 0.2) is 30.7 Å². The van der Waals surface area contributed by atoms with Gasteiger partial charge in [-0.25, -0.2) is 14.4 Å². The summed E-state index contributed by atoms with van der Waals surface area (Å²) in [6.07, 6.45) is 3.03. The van der Waals surface area contributed by atoms with Gasteiger partial charge in [-0.15, -0.1) is 0 Å². The number of rotatable bonds is 2. The fourth-order valence-corrected chi connectivity index (χ4v) is 1.77. The lowest BCUT2D eigenvalue weighted by molar-refractivity contribution is 0.639. The minimum absolute atomic E-state index is 0.350. The van der Waals surface area contributed by atoms with Crippen molar-refractivity contribution in [3.05, 3.63) is 42.2 Å². The first kappa shape index (κ1) is 10.6. The van der Waals surface area contributed by atoms with Crippen molar-refractivity contribution in [3.8, 4) is 0 Å². The van der Waals surface area contributed by atoms with Crippen LogP contribution in [0.3, 0.4) is 0 Å². The Balaban J connectivity index is 2.15. The summed E-state index contributed by atoms with van der Waals surface area (Å²) in [4.78, 5) is 8.12. The van der Waals surface area contributed by atoms with Gasteiger partial charge in [0.25, 0.3) is 0 Å². The minimum Gasteiger partial charge on any atom is -0.337 e. The largest absolute Gasteiger partial charge is 0.337 e. The van der Waals surface area contributed by atoms with Gasteiger partial charge in [0, 0.05) is 0 Å². The first-order valence-corrected chi connectivity index (χ1v) is 5.42. The number of aromatic amines is 1. The predicted octanol–water partition coefficient (Wildman–Crippen LogP) is 2.54. The molecule has 0 bridgehead atoms. The fourth-order valence-electron chi connectivity index (χ4n) is 1.77. The molecule has 0 saturated carbocycles. The van der Waals surface area contributed by atoms with Gasteiger partial charge in [0.05, 0.1) is 28.5 Å². The Kier molecular flexibility index (Phi) is 2.40. The lowest BCUT2D eigenvalue weighted by Gasteiger charge is -2.07. The summed E-state index contributed by atoms with van der Waals surface area (Å²) in [6.45, 7) is 1.87. The normalized spacial score (nSPS) is 10.8. The van der Waals surface area contributed by atoms with Crippen LogP contribution in [-0.2, 0) is 0 Å². The Morgan fingerprint density at radius 3 is 2.94 bits per heavy atom. The summed E-state index contributed by atoms with van der Waals surface area (Å²) in [7, 11) is 0. The van der Waals surface area contributed by atoms with Crippen molar-refractivity contribution in [1.82, 2.24) is 20.2 Å². The van der Waals surface area contributed by atoms with Crippen LogP contribution in [0.25, 0.3) is 10.9 Å². The van der Waals surface area contributed by atoms with E-state index in [0.717, 1.165) is 11.4 Å². The highest BCUT2D eigenvalue weighted by atomic mass is 19.1. The summed E-state index contributed by atoms with van der Waals surface area (Å²) in [5.41, 5.74) is 2.19. The average Bonchev–Trinajstić information content (AvgIpc) is 2.76. The number of nitrogens with zero attached hydrogens (tertiary/aromatic N) is 3. The van der Waals surface area contributed by atoms with E-state index in [-0.39, 0.29) is 5.82 Å². The van der Waals surface area contributed by atoms with E-state index >= 15 is 0 Å². The molecule has 0 aliphatic rings. The van der Waals surface area contributed by atoms with Crippen molar-refractivity contribution in [1.29, 1.82) is 0 Å². The summed E-state index contributed by atoms with van der Waals surface area (Å²) in [6, 6.07) is 4.75. The number of hydrogen-bond acceptors (Lipinski definition) is 4. The van der Waals surface area contributed by atoms with Crippen LogP contribution < -0.4 is 5.32 Å². The zero-order chi connectivity index (χ0) is 12.5. The number of halogens is 1. The zero-order valence-corrected chi connectivity index (χ0v) is 9.61. The molecule has 0 spiro atoms. The quantitative estimate of drug-likeness (QED) is 0.725. The number of anilines is 2. The molecule has 0 aliphatic carbocycles. The molecule has 5 nitrogen and oxygen atoms in total. The summed E-state index contributed by atoms with van der Waals surface area (Å²) >= 11 is 0. The molecule has 2 N–H and O–H groups in total. The number of H-pyrrole nitrogens is 1. The highest BCUT2D eigenvalue weighted by Gasteiger charge is 2.10. The maximum Gasteiger partial charge on any atom is 0.144 e. The maximum atomic E-state index is 13.8. The molecule has 3 aromatic rings. The summed E-state index contributed by atoms with van der Waals surface area (Å²) in [5, 5.41) is 10.1. The molecule has 6 heteroatoms. The number of hydrogen-bond donors (Lipinski definition) is 2. The molecule has 0 atom stereocenters. The molecule has 2 heterocycles. The SMILES string of the molecule is Cc1[nH]ncc1Nc1ncnc2cccc(F)c12. The molecule has 1 aromatic carbocycles. The van der Waals surface area contributed by atoms with Crippen LogP contribution in [0.2, 0.25) is 0 Å². The third kappa shape index (κ3) is 1.67. The second kappa shape index (κ2) is 4.06. The third-order valence-corrected chi connectivity index (χ3v) is 2.70. The van der Waals surface area contributed by atoms with Crippen LogP contribution in [0.1, 0.15) is 5.69 Å². The molecule has 0 saturated heterocycles. The highest BCUT2D eigenvalue weighted by molar-refractivity contribution is 5.91. The van der Waals surface area contributed by atoms with E-state index in [1.54, 1.807) is 18.3 Å². The second-order valence-electron chi connectivity index (χ2n) is 3.89. The minimum atomic E-state index is -0.350. The number of aryl methyl sites for hydroxylation is 1. The van der Waals surface area contributed by atoms with Crippen molar-refractivity contribution in [2.24, 2.45) is 0 Å². The first-order valence-electron chi connectivity index (χ1n) is 5.42. The van der Waals surface area contributed by atoms with Crippen molar-refractivity contribution in [2.75, 3.05) is 5.32 Å². The van der Waals surface area contributed by atoms with Gasteiger partial charge in [-0.3, -0.25) is 5.10 Å². The average molecular weight is 243 g/mol. The van der Waals surface area contributed by atoms with E-state index in [4.69, 9.17) is 0 Å². The van der Waals surface area contributed by atoms with Gasteiger partial charge < -0.3 is 5.32 Å². The summed E-state index contributed by atoms with van der Waals surface area (Å²) in [5.74, 6) is 0.0827. The van der Waals surface area contributed by atoms with Gasteiger partial charge in [0.2, 0.25) is 0 Å². The zero-order valence-electron chi connectivity index (χ0n) is 9.61. The number of aromatic nitrogens is 4. The molecular weight excluding hydrogens is 233 g/mol. The van der Waals surface area contributed by atoms with Crippen LogP contribution in [-0.4, -0.2) is 20.2 Å². The molecular formula is C12H10FN5. The fraction of sp³-hybridized carbons (Fsp3) is 0.0833. The monoisotopic (exact) mass is 243 g/mol. The van der Waals surface area contributed by atoms with Crippen LogP contribution in [0.4, 0.5) is 15.9 Å². The van der Waals surface area contributed by atoms with Crippen molar-refractivity contribution < 1.29 is 4.39 Å². The molecule has 3 rings (SSSR count). The molecule has 0 radical (unpaired) electrons. The van der Waals surface area contributed by atoms with E-state index in [1.807, 2.05) is 6.92 Å². The van der Waals surface area contributed by atoms with Gasteiger partial charge in [-0.2, -0.15) is 5.10 Å². The van der Waals surface area contributed by atoms with E-state index < -0.39 is 0 Å². The van der Waals surface area contributed by atoms with Gasteiger partial charge in [-0.05, 0) is 19.1 Å². The smallest absolute Gasteiger partial charge is 0.144 e. The summed E-state index contributed by atoms with van der Waals surface area (Å²) < 4.78 is 13.8. The van der Waals surface area contributed by atoms with Crippen molar-refractivity contribution in [3.63, 3.8) is 0 Å². The Morgan fingerprint density at radius 2 is 2.17 bits per heavy atom. The van der Waals surface area contributed by atoms with Gasteiger partial charge in [0.1, 0.15) is 18.0 Å². The number of benzene rings is 1. The molecule has 18 heavy (non-hydrogen) atoms. The predicted molar refractivity (Wildman–Crippen MR) is 66.1 cm³/mol. The Hall–Kier alpha value is -2.50. The molecule has 0 unspecified atom stereocenters. The number of nitrogens with one attached hydrogen (secondary N) is 2. The standard InChI is InChI=1S/C12H10FN5/c1-7-10(5-16-18-7)17-12-11-8(13)3-2-4-9(11)14-6-15-12/h2-6H,1H3,(H,16,18)(H,14,15,17). The molecule has 0 fully saturated rings. The highest BCUT2D eigenvalue weighted by Crippen LogP contribution is 2.25. The topological polar surface area (TPSA) is 66.5 Å². The third-order valence-electron chi connectivity index (χ3n) is 2.70. The lowest BCUT2D eigenvalue weighted by Crippen LogP contribution is -1.97. The van der Waals surface area contributed by atoms with E-state index in [9.17, 15) is 4.39 Å². The lowest BCUT2D eigenvalue weighted by atomic mass is 10.2. The van der Waals surface area contributed by atoms with E-state index in [1.165, 1.54) is 12.4 Å². The Labute approximate surface area is 102 Å². The molecule has 2 aromatic heterocycles. The Bertz CT molecular complexity index is 701. The molecule has 90 valence electrons. The maximum absolute atomic E-state index is 13.8. The van der Waals surface area contributed by atoms with Crippen LogP contribution in [0, 0.1) is 12.7 Å². The first-order chi connectivity index (χ1) is 8.75. The van der Waals surface area contributed by atoms with Gasteiger partial charge >= 0.3 is 0 Å². The van der Waals surface area contributed by atoms with Crippen molar-refractivity contribution >= 4 is 22.4 Å². The number of fused-ring (bicyclic) bond motifs is 1. The van der Waals surface area contributed by atoms with Crippen molar-refractivity contribution in [2.45, 2.75) is 6.92 Å².